The highest BCUT2D eigenvalue weighted by Gasteiger charge is 2.28. The van der Waals surface area contributed by atoms with Crippen molar-refractivity contribution in [1.82, 2.24) is 9.97 Å². The fraction of sp³-hybridized carbons (Fsp3) is 0.455. The van der Waals surface area contributed by atoms with Crippen LogP contribution in [0.4, 0.5) is 17.5 Å². The molecule has 20 heavy (non-hydrogen) atoms. The fourth-order valence-corrected chi connectivity index (χ4v) is 1.85. The molecule has 1 aliphatic rings. The summed E-state index contributed by atoms with van der Waals surface area (Å²) in [5.74, 6) is -0.518. The van der Waals surface area contributed by atoms with Crippen LogP contribution in [0.3, 0.4) is 0 Å². The summed E-state index contributed by atoms with van der Waals surface area (Å²) >= 11 is 0. The maximum atomic E-state index is 11.9. The van der Waals surface area contributed by atoms with Crippen molar-refractivity contribution < 1.29 is 14.7 Å². The molecule has 1 aromatic rings. The number of carbonyl (C=O) groups is 2. The van der Waals surface area contributed by atoms with Crippen molar-refractivity contribution in [2.45, 2.75) is 26.0 Å². The molecule has 0 aromatic carbocycles. The lowest BCUT2D eigenvalue weighted by atomic mass is 10.1. The molecule has 1 amide bonds. The third-order valence-electron chi connectivity index (χ3n) is 2.76. The number of anilines is 3. The smallest absolute Gasteiger partial charge is 0.277 e. The molecule has 0 spiro atoms. The highest BCUT2D eigenvalue weighted by molar-refractivity contribution is 5.92. The number of Topliss-reactive ketones (excluding diaryl/α,β-unsaturated/α-hetero) is 1. The molecule has 2 atom stereocenters. The van der Waals surface area contributed by atoms with Gasteiger partial charge in [-0.25, -0.2) is 0 Å². The zero-order chi connectivity index (χ0) is 14.9. The van der Waals surface area contributed by atoms with Crippen molar-refractivity contribution in [2.24, 2.45) is 0 Å². The minimum atomic E-state index is -1.12. The summed E-state index contributed by atoms with van der Waals surface area (Å²) < 4.78 is 0. The molecule has 0 fully saturated rings. The Kier molecular flexibility index (Phi) is 3.70. The Morgan fingerprint density at radius 3 is 2.80 bits per heavy atom. The summed E-state index contributed by atoms with van der Waals surface area (Å²) in [6.45, 7) is 2.84. The third-order valence-corrected chi connectivity index (χ3v) is 2.76. The molecular weight excluding hydrogens is 266 g/mol. The number of amides is 1. The van der Waals surface area contributed by atoms with Crippen LogP contribution in [0.25, 0.3) is 0 Å². The molecular formula is C11H15N5O4. The lowest BCUT2D eigenvalue weighted by Crippen LogP contribution is -2.45. The van der Waals surface area contributed by atoms with E-state index in [-0.39, 0.29) is 29.9 Å². The Hall–Kier alpha value is -2.42. The summed E-state index contributed by atoms with van der Waals surface area (Å²) in [6.07, 6.45) is -1.12. The summed E-state index contributed by atoms with van der Waals surface area (Å²) in [5, 5.41) is 17.2. The van der Waals surface area contributed by atoms with Gasteiger partial charge in [-0.1, -0.05) is 0 Å². The molecule has 1 aliphatic heterocycles. The molecule has 1 aromatic heterocycles. The van der Waals surface area contributed by atoms with Gasteiger partial charge in [0.05, 0.1) is 0 Å². The first kappa shape index (κ1) is 14.0. The summed E-state index contributed by atoms with van der Waals surface area (Å²) in [4.78, 5) is 40.9. The number of carbonyl (C=O) groups excluding carboxylic acids is 2. The highest BCUT2D eigenvalue weighted by Crippen LogP contribution is 2.21. The van der Waals surface area contributed by atoms with Crippen molar-refractivity contribution in [3.8, 4) is 0 Å². The number of hydrogen-bond donors (Lipinski definition) is 5. The van der Waals surface area contributed by atoms with E-state index in [1.165, 1.54) is 13.8 Å². The molecule has 9 nitrogen and oxygen atoms in total. The van der Waals surface area contributed by atoms with Gasteiger partial charge >= 0.3 is 0 Å². The van der Waals surface area contributed by atoms with Gasteiger partial charge in [0.1, 0.15) is 17.8 Å². The average Bonchev–Trinajstić information content (AvgIpc) is 2.36. The number of ketones is 1. The minimum absolute atomic E-state index is 0.0239. The SMILES string of the molecule is CC(=O)Nc1nc2c(c(=O)[nH]1)NC(C(=O)[C@H](C)O)CN2. The molecule has 0 radical (unpaired) electrons. The van der Waals surface area contributed by atoms with E-state index in [1.807, 2.05) is 0 Å². The zero-order valence-electron chi connectivity index (χ0n) is 11.0. The summed E-state index contributed by atoms with van der Waals surface area (Å²) in [5.41, 5.74) is -0.418. The van der Waals surface area contributed by atoms with Gasteiger partial charge in [-0.2, -0.15) is 4.98 Å². The molecule has 0 saturated carbocycles. The molecule has 0 bridgehead atoms. The van der Waals surface area contributed by atoms with E-state index in [0.29, 0.717) is 0 Å². The Balaban J connectivity index is 2.28. The van der Waals surface area contributed by atoms with Crippen molar-refractivity contribution in [1.29, 1.82) is 0 Å². The number of nitrogens with one attached hydrogen (secondary N) is 4. The van der Waals surface area contributed by atoms with Gasteiger partial charge in [0, 0.05) is 13.5 Å². The van der Waals surface area contributed by atoms with Crippen molar-refractivity contribution in [3.63, 3.8) is 0 Å². The second-order valence-electron chi connectivity index (χ2n) is 4.48. The Morgan fingerprint density at radius 1 is 1.50 bits per heavy atom. The van der Waals surface area contributed by atoms with E-state index in [1.54, 1.807) is 0 Å². The van der Waals surface area contributed by atoms with Crippen LogP contribution in [-0.2, 0) is 9.59 Å². The van der Waals surface area contributed by atoms with E-state index in [0.717, 1.165) is 0 Å². The molecule has 0 aliphatic carbocycles. The van der Waals surface area contributed by atoms with Crippen LogP contribution < -0.4 is 21.5 Å². The van der Waals surface area contributed by atoms with E-state index in [9.17, 15) is 19.5 Å². The van der Waals surface area contributed by atoms with Gasteiger partial charge < -0.3 is 15.7 Å². The number of rotatable bonds is 3. The first-order chi connectivity index (χ1) is 9.38. The van der Waals surface area contributed by atoms with Crippen LogP contribution >= 0.6 is 0 Å². The molecule has 5 N–H and O–H groups in total. The van der Waals surface area contributed by atoms with Crippen molar-refractivity contribution in [3.05, 3.63) is 10.4 Å². The molecule has 2 rings (SSSR count). The number of H-pyrrole nitrogens is 1. The van der Waals surface area contributed by atoms with E-state index in [2.05, 4.69) is 25.9 Å². The van der Waals surface area contributed by atoms with Crippen molar-refractivity contribution in [2.75, 3.05) is 22.5 Å². The number of aliphatic hydroxyl groups is 1. The largest absolute Gasteiger partial charge is 0.386 e. The maximum absolute atomic E-state index is 11.9. The molecule has 108 valence electrons. The van der Waals surface area contributed by atoms with E-state index < -0.39 is 23.5 Å². The van der Waals surface area contributed by atoms with Crippen LogP contribution in [0.1, 0.15) is 13.8 Å². The Labute approximate surface area is 113 Å². The van der Waals surface area contributed by atoms with Crippen LogP contribution in [0.15, 0.2) is 4.79 Å². The van der Waals surface area contributed by atoms with Crippen LogP contribution in [-0.4, -0.2) is 45.5 Å². The summed E-state index contributed by atoms with van der Waals surface area (Å²) in [7, 11) is 0. The Bertz CT molecular complexity index is 609. The van der Waals surface area contributed by atoms with Gasteiger partial charge in [-0.15, -0.1) is 0 Å². The topological polar surface area (TPSA) is 136 Å². The zero-order valence-corrected chi connectivity index (χ0v) is 11.0. The second-order valence-corrected chi connectivity index (χ2v) is 4.48. The Morgan fingerprint density at radius 2 is 2.20 bits per heavy atom. The van der Waals surface area contributed by atoms with Crippen LogP contribution in [0.5, 0.6) is 0 Å². The van der Waals surface area contributed by atoms with Crippen molar-refractivity contribution >= 4 is 29.1 Å². The average molecular weight is 281 g/mol. The molecule has 9 heteroatoms. The number of fused-ring (bicyclic) bond motifs is 1. The number of aliphatic hydroxyl groups excluding tert-OH is 1. The van der Waals surface area contributed by atoms with Gasteiger partial charge in [0.15, 0.2) is 11.6 Å². The molecule has 0 saturated heterocycles. The first-order valence-electron chi connectivity index (χ1n) is 6.02. The van der Waals surface area contributed by atoms with E-state index >= 15 is 0 Å². The van der Waals surface area contributed by atoms with Crippen LogP contribution in [0.2, 0.25) is 0 Å². The third kappa shape index (κ3) is 2.77. The van der Waals surface area contributed by atoms with Gasteiger partial charge in [0.2, 0.25) is 11.9 Å². The standard InChI is InChI=1S/C11H15N5O4/c1-4(17)8(19)6-3-12-9-7(14-6)10(20)16-11(15-9)13-5(2)18/h4,6,14,17H,3H2,1-2H3,(H3,12,13,15,16,18,20)/t4-,6?/m0/s1. The number of aromatic amines is 1. The second kappa shape index (κ2) is 5.29. The predicted octanol–water partition coefficient (Wildman–Crippen LogP) is -1.12. The molecule has 1 unspecified atom stereocenters. The number of hydrogen-bond acceptors (Lipinski definition) is 7. The van der Waals surface area contributed by atoms with Gasteiger partial charge in [-0.05, 0) is 6.92 Å². The quantitative estimate of drug-likeness (QED) is 0.473. The van der Waals surface area contributed by atoms with Crippen LogP contribution in [0, 0.1) is 0 Å². The van der Waals surface area contributed by atoms with Gasteiger partial charge in [-0.3, -0.25) is 24.7 Å². The number of aromatic nitrogens is 2. The first-order valence-corrected chi connectivity index (χ1v) is 6.02. The van der Waals surface area contributed by atoms with Gasteiger partial charge in [0.25, 0.3) is 5.56 Å². The monoisotopic (exact) mass is 281 g/mol. The lowest BCUT2D eigenvalue weighted by Gasteiger charge is -2.26. The van der Waals surface area contributed by atoms with E-state index in [4.69, 9.17) is 0 Å². The highest BCUT2D eigenvalue weighted by atomic mass is 16.3. The molecule has 2 heterocycles. The number of nitrogens with zero attached hydrogens (tertiary/aromatic N) is 1. The fourth-order valence-electron chi connectivity index (χ4n) is 1.85. The maximum Gasteiger partial charge on any atom is 0.277 e. The predicted molar refractivity (Wildman–Crippen MR) is 71.7 cm³/mol. The normalized spacial score (nSPS) is 18.2. The minimum Gasteiger partial charge on any atom is -0.386 e. The lowest BCUT2D eigenvalue weighted by molar-refractivity contribution is -0.126. The summed E-state index contributed by atoms with van der Waals surface area (Å²) in [6, 6.07) is -0.711.